The number of hydrogen-bond acceptors (Lipinski definition) is 3. The highest BCUT2D eigenvalue weighted by atomic mass is 127. The van der Waals surface area contributed by atoms with Gasteiger partial charge in [-0.2, -0.15) is 0 Å². The van der Waals surface area contributed by atoms with Crippen LogP contribution in [0, 0.1) is 5.92 Å². The van der Waals surface area contributed by atoms with E-state index in [4.69, 9.17) is 5.73 Å². The first-order chi connectivity index (χ1) is 10.1. The Labute approximate surface area is 155 Å². The zero-order chi connectivity index (χ0) is 15.1. The molecule has 2 heterocycles. The normalized spacial score (nSPS) is 18.7. The van der Waals surface area contributed by atoms with Crippen LogP contribution in [0.4, 0.5) is 0 Å². The third-order valence-corrected chi connectivity index (χ3v) is 5.16. The van der Waals surface area contributed by atoms with Gasteiger partial charge in [0.2, 0.25) is 0 Å². The average molecular weight is 436 g/mol. The quantitative estimate of drug-likeness (QED) is 0.410. The van der Waals surface area contributed by atoms with E-state index in [2.05, 4.69) is 46.6 Å². The van der Waals surface area contributed by atoms with Gasteiger partial charge in [-0.05, 0) is 56.6 Å². The summed E-state index contributed by atoms with van der Waals surface area (Å²) in [4.78, 5) is 8.39. The molecule has 6 heteroatoms. The van der Waals surface area contributed by atoms with E-state index in [1.807, 2.05) is 0 Å². The number of piperidine rings is 1. The van der Waals surface area contributed by atoms with Gasteiger partial charge in [-0.3, -0.25) is 9.89 Å². The molecule has 0 radical (unpaired) electrons. The van der Waals surface area contributed by atoms with E-state index in [9.17, 15) is 0 Å². The minimum atomic E-state index is 0. The van der Waals surface area contributed by atoms with Crippen molar-refractivity contribution in [2.45, 2.75) is 39.2 Å². The molecule has 1 aliphatic rings. The van der Waals surface area contributed by atoms with Crippen molar-refractivity contribution in [1.82, 2.24) is 10.2 Å². The molecule has 1 fully saturated rings. The molecule has 1 atom stereocenters. The number of nitrogens with two attached hydrogens (primary N) is 1. The number of thiophene rings is 1. The molecule has 22 heavy (non-hydrogen) atoms. The summed E-state index contributed by atoms with van der Waals surface area (Å²) >= 11 is 1.78. The standard InChI is InChI=1S/C16H28N4S.HI/c1-13-6-9-20(10-7-13)14(2)12-19-16(17)18-8-5-15-4-3-11-21-15;/h3-4,11,13-14H,5-10,12H2,1-2H3,(H3,17,18,19);1H. The molecule has 4 nitrogen and oxygen atoms in total. The van der Waals surface area contributed by atoms with Crippen LogP contribution in [0.5, 0.6) is 0 Å². The van der Waals surface area contributed by atoms with Gasteiger partial charge in [-0.15, -0.1) is 35.3 Å². The molecule has 2 rings (SSSR count). The summed E-state index contributed by atoms with van der Waals surface area (Å²) in [5, 5.41) is 5.31. The van der Waals surface area contributed by atoms with E-state index in [-0.39, 0.29) is 24.0 Å². The Morgan fingerprint density at radius 2 is 2.23 bits per heavy atom. The smallest absolute Gasteiger partial charge is 0.188 e. The Morgan fingerprint density at radius 1 is 1.50 bits per heavy atom. The highest BCUT2D eigenvalue weighted by Gasteiger charge is 2.19. The number of nitrogens with zero attached hydrogens (tertiary/aromatic N) is 2. The molecule has 126 valence electrons. The lowest BCUT2D eigenvalue weighted by Crippen LogP contribution is -2.42. The van der Waals surface area contributed by atoms with Crippen molar-refractivity contribution in [3.05, 3.63) is 22.4 Å². The van der Waals surface area contributed by atoms with Crippen molar-refractivity contribution >= 4 is 41.3 Å². The molecule has 1 aliphatic heterocycles. The maximum absolute atomic E-state index is 5.94. The lowest BCUT2D eigenvalue weighted by atomic mass is 9.98. The molecular formula is C16H29IN4S. The lowest BCUT2D eigenvalue weighted by Gasteiger charge is -2.34. The Balaban J connectivity index is 0.00000242. The van der Waals surface area contributed by atoms with Gasteiger partial charge in [-0.1, -0.05) is 13.0 Å². The van der Waals surface area contributed by atoms with Crippen LogP contribution < -0.4 is 11.1 Å². The van der Waals surface area contributed by atoms with Crippen molar-refractivity contribution in [3.8, 4) is 0 Å². The van der Waals surface area contributed by atoms with Crippen molar-refractivity contribution in [2.75, 3.05) is 26.2 Å². The molecule has 0 bridgehead atoms. The number of nitrogens with one attached hydrogen (secondary N) is 1. The second-order valence-electron chi connectivity index (χ2n) is 6.05. The summed E-state index contributed by atoms with van der Waals surface area (Å²) in [5.74, 6) is 1.45. The van der Waals surface area contributed by atoms with E-state index < -0.39 is 0 Å². The van der Waals surface area contributed by atoms with Crippen LogP contribution in [0.25, 0.3) is 0 Å². The van der Waals surface area contributed by atoms with Gasteiger partial charge >= 0.3 is 0 Å². The van der Waals surface area contributed by atoms with Crippen LogP contribution in [0.15, 0.2) is 22.5 Å². The molecular weight excluding hydrogens is 407 g/mol. The predicted octanol–water partition coefficient (Wildman–Crippen LogP) is 2.93. The van der Waals surface area contributed by atoms with Gasteiger partial charge in [0.25, 0.3) is 0 Å². The van der Waals surface area contributed by atoms with E-state index in [0.717, 1.165) is 25.4 Å². The zero-order valence-corrected chi connectivity index (χ0v) is 16.8. The first-order valence-electron chi connectivity index (χ1n) is 7.95. The van der Waals surface area contributed by atoms with E-state index in [1.165, 1.54) is 30.8 Å². The van der Waals surface area contributed by atoms with E-state index in [1.54, 1.807) is 11.3 Å². The van der Waals surface area contributed by atoms with Crippen LogP contribution >= 0.6 is 35.3 Å². The Hall–Kier alpha value is -0.340. The highest BCUT2D eigenvalue weighted by Crippen LogP contribution is 2.17. The fourth-order valence-electron chi connectivity index (χ4n) is 2.64. The van der Waals surface area contributed by atoms with E-state index in [0.29, 0.717) is 12.0 Å². The summed E-state index contributed by atoms with van der Waals surface area (Å²) in [6, 6.07) is 4.72. The lowest BCUT2D eigenvalue weighted by molar-refractivity contribution is 0.150. The SMILES string of the molecule is CC1CCN(C(C)CN=C(N)NCCc2cccs2)CC1.I. The first kappa shape index (κ1) is 19.7. The number of likely N-dealkylation sites (tertiary alicyclic amines) is 1. The molecule has 0 saturated carbocycles. The second-order valence-corrected chi connectivity index (χ2v) is 7.08. The summed E-state index contributed by atoms with van der Waals surface area (Å²) in [7, 11) is 0. The van der Waals surface area contributed by atoms with E-state index >= 15 is 0 Å². The minimum absolute atomic E-state index is 0. The van der Waals surface area contributed by atoms with Gasteiger partial charge < -0.3 is 11.1 Å². The monoisotopic (exact) mass is 436 g/mol. The molecule has 1 aromatic rings. The molecule has 1 aromatic heterocycles. The molecule has 1 unspecified atom stereocenters. The number of guanidine groups is 1. The third-order valence-electron chi connectivity index (χ3n) is 4.23. The van der Waals surface area contributed by atoms with Crippen LogP contribution in [-0.4, -0.2) is 43.1 Å². The molecule has 0 aromatic carbocycles. The number of rotatable bonds is 6. The number of hydrogen-bond donors (Lipinski definition) is 2. The summed E-state index contributed by atoms with van der Waals surface area (Å²) in [6.07, 6.45) is 3.62. The Bertz CT molecular complexity index is 427. The Kier molecular flexibility index (Phi) is 9.35. The molecule has 0 spiro atoms. The summed E-state index contributed by atoms with van der Waals surface area (Å²) in [5.41, 5.74) is 5.94. The molecule has 0 aliphatic carbocycles. The maximum atomic E-state index is 5.94. The Morgan fingerprint density at radius 3 is 2.86 bits per heavy atom. The van der Waals surface area contributed by atoms with Gasteiger partial charge in [0.15, 0.2) is 5.96 Å². The van der Waals surface area contributed by atoms with Crippen LogP contribution in [0.1, 0.15) is 31.6 Å². The fourth-order valence-corrected chi connectivity index (χ4v) is 3.35. The van der Waals surface area contributed by atoms with Gasteiger partial charge in [0, 0.05) is 17.5 Å². The molecule has 3 N–H and O–H groups in total. The third kappa shape index (κ3) is 6.83. The minimum Gasteiger partial charge on any atom is -0.370 e. The highest BCUT2D eigenvalue weighted by molar-refractivity contribution is 14.0. The van der Waals surface area contributed by atoms with Crippen molar-refractivity contribution < 1.29 is 0 Å². The van der Waals surface area contributed by atoms with Crippen molar-refractivity contribution in [1.29, 1.82) is 0 Å². The van der Waals surface area contributed by atoms with Gasteiger partial charge in [0.1, 0.15) is 0 Å². The van der Waals surface area contributed by atoms with Gasteiger partial charge in [-0.25, -0.2) is 0 Å². The van der Waals surface area contributed by atoms with Crippen molar-refractivity contribution in [3.63, 3.8) is 0 Å². The zero-order valence-electron chi connectivity index (χ0n) is 13.6. The molecule has 1 saturated heterocycles. The van der Waals surface area contributed by atoms with Crippen LogP contribution in [0.3, 0.4) is 0 Å². The van der Waals surface area contributed by atoms with Crippen LogP contribution in [-0.2, 0) is 6.42 Å². The molecule has 0 amide bonds. The number of aliphatic imine (C=N–C) groups is 1. The summed E-state index contributed by atoms with van der Waals surface area (Å²) in [6.45, 7) is 8.62. The predicted molar refractivity (Wildman–Crippen MR) is 107 cm³/mol. The van der Waals surface area contributed by atoms with Crippen LogP contribution in [0.2, 0.25) is 0 Å². The second kappa shape index (κ2) is 10.4. The number of halogens is 1. The maximum Gasteiger partial charge on any atom is 0.188 e. The topological polar surface area (TPSA) is 53.6 Å². The van der Waals surface area contributed by atoms with Crippen molar-refractivity contribution in [2.24, 2.45) is 16.6 Å². The first-order valence-corrected chi connectivity index (χ1v) is 8.83. The largest absolute Gasteiger partial charge is 0.370 e. The average Bonchev–Trinajstić information content (AvgIpc) is 2.99. The van der Waals surface area contributed by atoms with Gasteiger partial charge in [0.05, 0.1) is 6.54 Å². The fraction of sp³-hybridized carbons (Fsp3) is 0.688. The summed E-state index contributed by atoms with van der Waals surface area (Å²) < 4.78 is 0.